The van der Waals surface area contributed by atoms with Crippen molar-refractivity contribution in [2.75, 3.05) is 5.32 Å². The summed E-state index contributed by atoms with van der Waals surface area (Å²) < 4.78 is 0.986. The average Bonchev–Trinajstić information content (AvgIpc) is 3.05. The molecule has 1 aliphatic carbocycles. The second-order valence-corrected chi connectivity index (χ2v) is 7.15. The molecule has 0 saturated heterocycles. The molecule has 118 valence electrons. The van der Waals surface area contributed by atoms with Crippen molar-refractivity contribution in [1.29, 1.82) is 0 Å². The highest BCUT2D eigenvalue weighted by Crippen LogP contribution is 2.36. The van der Waals surface area contributed by atoms with Gasteiger partial charge >= 0.3 is 0 Å². The van der Waals surface area contributed by atoms with Gasteiger partial charge in [0.05, 0.1) is 5.57 Å². The molecule has 1 aromatic heterocycles. The predicted molar refractivity (Wildman–Crippen MR) is 97.5 cm³/mol. The Hall–Kier alpha value is -1.81. The van der Waals surface area contributed by atoms with Crippen molar-refractivity contribution in [1.82, 2.24) is 4.98 Å². The Kier molecular flexibility index (Phi) is 3.64. The van der Waals surface area contributed by atoms with Crippen molar-refractivity contribution >= 4 is 39.2 Å². The Morgan fingerprint density at radius 3 is 2.91 bits per heavy atom. The molecule has 0 unspecified atom stereocenters. The highest BCUT2D eigenvalue weighted by molar-refractivity contribution is 9.10. The first-order chi connectivity index (χ1) is 11.2. The molecular formula is C19H19BrN2O. The fraction of sp³-hybridized carbons (Fsp3) is 0.316. The van der Waals surface area contributed by atoms with Crippen molar-refractivity contribution in [3.05, 3.63) is 50.8 Å². The van der Waals surface area contributed by atoms with Crippen LogP contribution < -0.4 is 5.32 Å². The number of anilines is 1. The van der Waals surface area contributed by atoms with E-state index in [9.17, 15) is 4.79 Å². The molecule has 1 aromatic carbocycles. The minimum Gasteiger partial charge on any atom is -0.358 e. The molecule has 2 aliphatic rings. The number of rotatable bonds is 2. The van der Waals surface area contributed by atoms with Crippen LogP contribution in [0.4, 0.5) is 5.69 Å². The lowest BCUT2D eigenvalue weighted by molar-refractivity contribution is -0.110. The highest BCUT2D eigenvalue weighted by Gasteiger charge is 2.26. The molecule has 0 atom stereocenters. The Labute approximate surface area is 144 Å². The van der Waals surface area contributed by atoms with Gasteiger partial charge in [-0.25, -0.2) is 0 Å². The molecule has 23 heavy (non-hydrogen) atoms. The van der Waals surface area contributed by atoms with Crippen LogP contribution in [0.3, 0.4) is 0 Å². The Morgan fingerprint density at radius 2 is 2.09 bits per heavy atom. The van der Waals surface area contributed by atoms with Crippen molar-refractivity contribution < 1.29 is 4.79 Å². The van der Waals surface area contributed by atoms with E-state index in [0.29, 0.717) is 0 Å². The number of benzene rings is 1. The van der Waals surface area contributed by atoms with Crippen LogP contribution in [0, 0.1) is 0 Å². The predicted octanol–water partition coefficient (Wildman–Crippen LogP) is 4.71. The number of nitrogens with one attached hydrogen (secondary N) is 2. The van der Waals surface area contributed by atoms with Crippen LogP contribution >= 0.6 is 15.9 Å². The topological polar surface area (TPSA) is 44.9 Å². The molecule has 0 radical (unpaired) electrons. The number of fused-ring (bicyclic) bond motifs is 2. The van der Waals surface area contributed by atoms with Gasteiger partial charge in [-0.15, -0.1) is 0 Å². The summed E-state index contributed by atoms with van der Waals surface area (Å²) in [5.41, 5.74) is 7.94. The highest BCUT2D eigenvalue weighted by atomic mass is 79.9. The van der Waals surface area contributed by atoms with Gasteiger partial charge in [0.15, 0.2) is 0 Å². The number of carbonyl (C=O) groups excluding carboxylic acids is 1. The van der Waals surface area contributed by atoms with E-state index in [-0.39, 0.29) is 5.91 Å². The smallest absolute Gasteiger partial charge is 0.256 e. The van der Waals surface area contributed by atoms with Gasteiger partial charge in [-0.2, -0.15) is 0 Å². The van der Waals surface area contributed by atoms with Gasteiger partial charge < -0.3 is 10.3 Å². The number of aryl methyl sites for hydroxylation is 1. The summed E-state index contributed by atoms with van der Waals surface area (Å²) in [5, 5.41) is 2.95. The number of aromatic nitrogens is 1. The first-order valence-corrected chi connectivity index (χ1v) is 9.02. The average molecular weight is 371 g/mol. The quantitative estimate of drug-likeness (QED) is 0.738. The number of amides is 1. The molecule has 0 bridgehead atoms. The lowest BCUT2D eigenvalue weighted by atomic mass is 9.93. The van der Waals surface area contributed by atoms with E-state index in [2.05, 4.69) is 33.2 Å². The lowest BCUT2D eigenvalue weighted by Crippen LogP contribution is -2.03. The molecule has 2 N–H and O–H groups in total. The molecule has 2 aromatic rings. The van der Waals surface area contributed by atoms with Crippen LogP contribution in [-0.2, 0) is 24.1 Å². The summed E-state index contributed by atoms with van der Waals surface area (Å²) in [6.45, 7) is 2.19. The second kappa shape index (κ2) is 5.68. The Morgan fingerprint density at radius 1 is 1.26 bits per heavy atom. The van der Waals surface area contributed by atoms with Crippen molar-refractivity contribution in [2.45, 2.75) is 39.0 Å². The van der Waals surface area contributed by atoms with E-state index in [1.54, 1.807) is 0 Å². The van der Waals surface area contributed by atoms with E-state index in [4.69, 9.17) is 0 Å². The van der Waals surface area contributed by atoms with Gasteiger partial charge in [0, 0.05) is 27.1 Å². The van der Waals surface area contributed by atoms with Crippen LogP contribution in [0.25, 0.3) is 11.6 Å². The summed E-state index contributed by atoms with van der Waals surface area (Å²) in [4.78, 5) is 16.0. The lowest BCUT2D eigenvalue weighted by Gasteiger charge is -2.11. The van der Waals surface area contributed by atoms with Crippen LogP contribution in [0.15, 0.2) is 22.7 Å². The normalized spacial score (nSPS) is 18.0. The number of hydrogen-bond acceptors (Lipinski definition) is 1. The van der Waals surface area contributed by atoms with Gasteiger partial charge in [0.2, 0.25) is 0 Å². The maximum absolute atomic E-state index is 12.4. The summed E-state index contributed by atoms with van der Waals surface area (Å²) in [7, 11) is 0. The fourth-order valence-electron chi connectivity index (χ4n) is 3.75. The third-order valence-electron chi connectivity index (χ3n) is 4.85. The van der Waals surface area contributed by atoms with Crippen LogP contribution in [0.2, 0.25) is 0 Å². The molecule has 0 spiro atoms. The Balaban J connectivity index is 1.84. The molecule has 3 nitrogen and oxygen atoms in total. The summed E-state index contributed by atoms with van der Waals surface area (Å²) in [6.07, 6.45) is 7.84. The van der Waals surface area contributed by atoms with E-state index in [1.165, 1.54) is 29.7 Å². The zero-order valence-corrected chi connectivity index (χ0v) is 14.7. The maximum atomic E-state index is 12.4. The molecule has 0 fully saturated rings. The zero-order chi connectivity index (χ0) is 16.0. The summed E-state index contributed by atoms with van der Waals surface area (Å²) in [5.74, 6) is -0.0206. The standard InChI is InChI=1S/C19H19BrN2O/c1-2-12-13-5-3-4-6-16(13)21-18(12)10-15-14-9-11(20)7-8-17(14)22-19(15)23/h7-10,21H,2-6H2,1H3,(H,22,23). The molecule has 0 saturated carbocycles. The largest absolute Gasteiger partial charge is 0.358 e. The Bertz CT molecular complexity index is 832. The number of carbonyl (C=O) groups is 1. The maximum Gasteiger partial charge on any atom is 0.256 e. The first-order valence-electron chi connectivity index (χ1n) is 8.23. The van der Waals surface area contributed by atoms with Gasteiger partial charge in [0.1, 0.15) is 0 Å². The monoisotopic (exact) mass is 370 g/mol. The molecule has 1 aliphatic heterocycles. The summed E-state index contributed by atoms with van der Waals surface area (Å²) >= 11 is 3.50. The summed E-state index contributed by atoms with van der Waals surface area (Å²) in [6, 6.07) is 5.90. The number of hydrogen-bond donors (Lipinski definition) is 2. The molecule has 4 rings (SSSR count). The zero-order valence-electron chi connectivity index (χ0n) is 13.1. The van der Waals surface area contributed by atoms with Crippen molar-refractivity contribution in [2.24, 2.45) is 0 Å². The van der Waals surface area contributed by atoms with Crippen molar-refractivity contribution in [3.63, 3.8) is 0 Å². The third-order valence-corrected chi connectivity index (χ3v) is 5.34. The van der Waals surface area contributed by atoms with Crippen LogP contribution in [0.5, 0.6) is 0 Å². The van der Waals surface area contributed by atoms with E-state index in [1.807, 2.05) is 24.3 Å². The SMILES string of the molecule is CCc1c(C=C2C(=O)Nc3ccc(Br)cc32)[nH]c2c1CCCC2. The molecular weight excluding hydrogens is 352 g/mol. The first kappa shape index (κ1) is 14.8. The third kappa shape index (κ3) is 2.45. The van der Waals surface area contributed by atoms with Gasteiger partial charge in [0.25, 0.3) is 5.91 Å². The molecule has 1 amide bonds. The number of H-pyrrole nitrogens is 1. The van der Waals surface area contributed by atoms with E-state index in [0.717, 1.165) is 46.3 Å². The molecule has 2 heterocycles. The molecule has 4 heteroatoms. The van der Waals surface area contributed by atoms with E-state index < -0.39 is 0 Å². The number of aromatic amines is 1. The van der Waals surface area contributed by atoms with Gasteiger partial charge in [-0.3, -0.25) is 4.79 Å². The minimum absolute atomic E-state index is 0.0206. The van der Waals surface area contributed by atoms with Gasteiger partial charge in [-0.1, -0.05) is 22.9 Å². The fourth-order valence-corrected chi connectivity index (χ4v) is 4.11. The van der Waals surface area contributed by atoms with Crippen LogP contribution in [0.1, 0.15) is 47.8 Å². The second-order valence-electron chi connectivity index (χ2n) is 6.24. The van der Waals surface area contributed by atoms with Crippen LogP contribution in [-0.4, -0.2) is 10.9 Å². The minimum atomic E-state index is -0.0206. The van der Waals surface area contributed by atoms with Gasteiger partial charge in [-0.05, 0) is 67.5 Å². The van der Waals surface area contributed by atoms with E-state index >= 15 is 0 Å². The number of halogens is 1. The van der Waals surface area contributed by atoms with Crippen molar-refractivity contribution in [3.8, 4) is 0 Å².